The smallest absolute Gasteiger partial charge is 0.254 e. The standard InChI is InChI=1S/C30H37N3O4/c1-36-25-18-20-12-13-33-28(24(20)19-26(25)37-2)27(22-10-6-7-11-23(22)29(33)34)30(35)32-16-14-31(15-17-32)21-8-4-3-5-9-21/h6-7,10-11,18-19,21,27-28H,3-5,8-9,12-17H2,1-2H3/t27-,28-/m1/s1. The van der Waals surface area contributed by atoms with E-state index in [2.05, 4.69) is 4.90 Å². The lowest BCUT2D eigenvalue weighted by Crippen LogP contribution is -2.56. The molecule has 4 aliphatic rings. The Morgan fingerprint density at radius 1 is 0.865 bits per heavy atom. The van der Waals surface area contributed by atoms with Crippen molar-refractivity contribution in [2.75, 3.05) is 46.9 Å². The number of benzene rings is 2. The zero-order valence-electron chi connectivity index (χ0n) is 21.9. The number of methoxy groups -OCH3 is 2. The van der Waals surface area contributed by atoms with Crippen molar-refractivity contribution in [1.29, 1.82) is 0 Å². The molecule has 7 heteroatoms. The van der Waals surface area contributed by atoms with Crippen LogP contribution >= 0.6 is 0 Å². The summed E-state index contributed by atoms with van der Waals surface area (Å²) in [7, 11) is 3.26. The van der Waals surface area contributed by atoms with Crippen LogP contribution in [0.25, 0.3) is 0 Å². The van der Waals surface area contributed by atoms with Gasteiger partial charge in [-0.1, -0.05) is 37.5 Å². The highest BCUT2D eigenvalue weighted by atomic mass is 16.5. The molecular formula is C30H37N3O4. The molecule has 7 nitrogen and oxygen atoms in total. The summed E-state index contributed by atoms with van der Waals surface area (Å²) in [5.74, 6) is 1.00. The first kappa shape index (κ1) is 24.3. The predicted molar refractivity (Wildman–Crippen MR) is 141 cm³/mol. The second-order valence-electron chi connectivity index (χ2n) is 10.8. The fourth-order valence-corrected chi connectivity index (χ4v) is 7.07. The number of rotatable bonds is 4. The SMILES string of the molecule is COc1cc2c(cc1OC)[C@@H]1[C@H](C(=O)N3CCN(C4CCCCC4)CC3)c3ccccc3C(=O)N1CC2. The lowest BCUT2D eigenvalue weighted by Gasteiger charge is -2.47. The lowest BCUT2D eigenvalue weighted by atomic mass is 9.75. The molecule has 1 saturated carbocycles. The van der Waals surface area contributed by atoms with Gasteiger partial charge in [-0.05, 0) is 54.2 Å². The summed E-state index contributed by atoms with van der Waals surface area (Å²) in [5.41, 5.74) is 3.61. The Morgan fingerprint density at radius 3 is 2.30 bits per heavy atom. The topological polar surface area (TPSA) is 62.3 Å². The molecule has 1 saturated heterocycles. The fraction of sp³-hybridized carbons (Fsp3) is 0.533. The molecular weight excluding hydrogens is 466 g/mol. The van der Waals surface area contributed by atoms with Crippen LogP contribution in [0.5, 0.6) is 11.5 Å². The van der Waals surface area contributed by atoms with Crippen LogP contribution in [0, 0.1) is 0 Å². The van der Waals surface area contributed by atoms with Crippen LogP contribution in [0.3, 0.4) is 0 Å². The van der Waals surface area contributed by atoms with Crippen molar-refractivity contribution in [3.63, 3.8) is 0 Å². The third-order valence-corrected chi connectivity index (χ3v) is 9.01. The molecule has 0 bridgehead atoms. The molecule has 37 heavy (non-hydrogen) atoms. The van der Waals surface area contributed by atoms with Crippen molar-refractivity contribution >= 4 is 11.8 Å². The number of nitrogens with zero attached hydrogens (tertiary/aromatic N) is 3. The number of piperazine rings is 1. The van der Waals surface area contributed by atoms with Gasteiger partial charge in [0.2, 0.25) is 5.91 Å². The van der Waals surface area contributed by atoms with Crippen molar-refractivity contribution in [2.24, 2.45) is 0 Å². The number of fused-ring (bicyclic) bond motifs is 4. The minimum atomic E-state index is -0.438. The summed E-state index contributed by atoms with van der Waals surface area (Å²) in [4.78, 5) is 34.6. The number of hydrogen-bond donors (Lipinski definition) is 0. The molecule has 3 heterocycles. The summed E-state index contributed by atoms with van der Waals surface area (Å²) in [6.07, 6.45) is 7.28. The predicted octanol–water partition coefficient (Wildman–Crippen LogP) is 4.02. The van der Waals surface area contributed by atoms with Gasteiger partial charge in [-0.15, -0.1) is 0 Å². The van der Waals surface area contributed by atoms with Crippen molar-refractivity contribution in [3.05, 3.63) is 58.7 Å². The van der Waals surface area contributed by atoms with Crippen LogP contribution in [-0.4, -0.2) is 79.5 Å². The highest BCUT2D eigenvalue weighted by molar-refractivity contribution is 6.01. The van der Waals surface area contributed by atoms with Crippen LogP contribution in [0.2, 0.25) is 0 Å². The van der Waals surface area contributed by atoms with E-state index >= 15 is 0 Å². The minimum absolute atomic E-state index is 0.00667. The zero-order valence-corrected chi connectivity index (χ0v) is 21.9. The van der Waals surface area contributed by atoms with E-state index in [0.717, 1.165) is 49.3 Å². The van der Waals surface area contributed by atoms with Gasteiger partial charge in [0.25, 0.3) is 5.91 Å². The Morgan fingerprint density at radius 2 is 1.57 bits per heavy atom. The van der Waals surface area contributed by atoms with Gasteiger partial charge in [-0.2, -0.15) is 0 Å². The maximum absolute atomic E-state index is 14.4. The van der Waals surface area contributed by atoms with Gasteiger partial charge < -0.3 is 19.3 Å². The van der Waals surface area contributed by atoms with Gasteiger partial charge in [0.1, 0.15) is 0 Å². The monoisotopic (exact) mass is 503 g/mol. The van der Waals surface area contributed by atoms with Gasteiger partial charge in [-0.3, -0.25) is 14.5 Å². The second-order valence-corrected chi connectivity index (χ2v) is 10.8. The van der Waals surface area contributed by atoms with Gasteiger partial charge in [0.15, 0.2) is 11.5 Å². The summed E-state index contributed by atoms with van der Waals surface area (Å²) in [6, 6.07) is 12.0. The first-order valence-electron chi connectivity index (χ1n) is 13.8. The molecule has 0 unspecified atom stereocenters. The summed E-state index contributed by atoms with van der Waals surface area (Å²) in [5, 5.41) is 0. The van der Waals surface area contributed by atoms with E-state index in [-0.39, 0.29) is 17.9 Å². The molecule has 6 rings (SSSR count). The second kappa shape index (κ2) is 10.0. The highest BCUT2D eigenvalue weighted by Crippen LogP contribution is 2.49. The quantitative estimate of drug-likeness (QED) is 0.631. The van der Waals surface area contributed by atoms with E-state index < -0.39 is 5.92 Å². The van der Waals surface area contributed by atoms with Gasteiger partial charge in [-0.25, -0.2) is 0 Å². The van der Waals surface area contributed by atoms with Gasteiger partial charge >= 0.3 is 0 Å². The Hall–Kier alpha value is -3.06. The van der Waals surface area contributed by atoms with E-state index in [0.29, 0.717) is 29.6 Å². The number of amides is 2. The molecule has 0 radical (unpaired) electrons. The Bertz CT molecular complexity index is 1180. The molecule has 2 atom stereocenters. The van der Waals surface area contributed by atoms with Crippen LogP contribution in [-0.2, 0) is 11.2 Å². The maximum atomic E-state index is 14.4. The van der Waals surface area contributed by atoms with E-state index in [4.69, 9.17) is 9.47 Å². The molecule has 0 N–H and O–H groups in total. The Labute approximate surface area is 219 Å². The van der Waals surface area contributed by atoms with Crippen molar-refractivity contribution in [2.45, 2.75) is 56.5 Å². The van der Waals surface area contributed by atoms with Crippen molar-refractivity contribution in [3.8, 4) is 11.5 Å². The maximum Gasteiger partial charge on any atom is 0.254 e. The molecule has 3 aliphatic heterocycles. The Kier molecular flexibility index (Phi) is 6.57. The zero-order chi connectivity index (χ0) is 25.5. The summed E-state index contributed by atoms with van der Waals surface area (Å²) < 4.78 is 11.2. The fourth-order valence-electron chi connectivity index (χ4n) is 7.07. The number of ether oxygens (including phenoxy) is 2. The van der Waals surface area contributed by atoms with Crippen LogP contribution in [0.1, 0.15) is 71.1 Å². The van der Waals surface area contributed by atoms with Crippen LogP contribution < -0.4 is 9.47 Å². The van der Waals surface area contributed by atoms with E-state index in [1.165, 1.54) is 32.1 Å². The molecule has 2 aromatic rings. The molecule has 0 spiro atoms. The van der Waals surface area contributed by atoms with Crippen molar-refractivity contribution in [1.82, 2.24) is 14.7 Å². The lowest BCUT2D eigenvalue weighted by molar-refractivity contribution is -0.137. The molecule has 196 valence electrons. The summed E-state index contributed by atoms with van der Waals surface area (Å²) >= 11 is 0. The molecule has 0 aromatic heterocycles. The molecule has 1 aliphatic carbocycles. The largest absolute Gasteiger partial charge is 0.493 e. The average molecular weight is 504 g/mol. The first-order chi connectivity index (χ1) is 18.1. The van der Waals surface area contributed by atoms with Crippen LogP contribution in [0.4, 0.5) is 0 Å². The Balaban J connectivity index is 1.35. The molecule has 2 aromatic carbocycles. The summed E-state index contributed by atoms with van der Waals surface area (Å²) in [6.45, 7) is 3.93. The number of hydrogen-bond acceptors (Lipinski definition) is 5. The molecule has 2 amide bonds. The normalized spacial score (nSPS) is 24.2. The van der Waals surface area contributed by atoms with E-state index in [1.807, 2.05) is 46.2 Å². The van der Waals surface area contributed by atoms with E-state index in [1.54, 1.807) is 14.2 Å². The third kappa shape index (κ3) is 4.17. The van der Waals surface area contributed by atoms with Gasteiger partial charge in [0.05, 0.1) is 26.2 Å². The first-order valence-corrected chi connectivity index (χ1v) is 13.8. The molecule has 2 fully saturated rings. The van der Waals surface area contributed by atoms with Crippen LogP contribution in [0.15, 0.2) is 36.4 Å². The van der Waals surface area contributed by atoms with Crippen molar-refractivity contribution < 1.29 is 19.1 Å². The number of carbonyl (C=O) groups excluding carboxylic acids is 2. The number of carbonyl (C=O) groups is 2. The average Bonchev–Trinajstić information content (AvgIpc) is 2.96. The van der Waals surface area contributed by atoms with E-state index in [9.17, 15) is 9.59 Å². The minimum Gasteiger partial charge on any atom is -0.493 e. The highest BCUT2D eigenvalue weighted by Gasteiger charge is 2.48. The van der Waals surface area contributed by atoms with Gasteiger partial charge in [0, 0.05) is 44.3 Å². The third-order valence-electron chi connectivity index (χ3n) is 9.01.